The third-order valence-electron chi connectivity index (χ3n) is 4.91. The fourth-order valence-corrected chi connectivity index (χ4v) is 3.43. The van der Waals surface area contributed by atoms with Crippen molar-refractivity contribution in [3.8, 4) is 17.0 Å². The van der Waals surface area contributed by atoms with Gasteiger partial charge in [-0.1, -0.05) is 12.1 Å². The summed E-state index contributed by atoms with van der Waals surface area (Å²) in [7, 11) is 0. The molecule has 0 atom stereocenters. The minimum atomic E-state index is -0.347. The molecular weight excluding hydrogens is 416 g/mol. The molecule has 5 nitrogen and oxygen atoms in total. The molecule has 1 fully saturated rings. The molecule has 1 saturated heterocycles. The highest BCUT2D eigenvalue weighted by molar-refractivity contribution is 5.85. The third-order valence-corrected chi connectivity index (χ3v) is 4.91. The molecule has 1 amide bonds. The minimum absolute atomic E-state index is 0. The van der Waals surface area contributed by atoms with Gasteiger partial charge in [-0.25, -0.2) is 9.18 Å². The smallest absolute Gasteiger partial charge is 0.409 e. The highest BCUT2D eigenvalue weighted by Crippen LogP contribution is 2.30. The number of benzene rings is 1. The van der Waals surface area contributed by atoms with Crippen LogP contribution in [-0.4, -0.2) is 34.1 Å². The van der Waals surface area contributed by atoms with E-state index in [9.17, 15) is 9.18 Å². The Balaban J connectivity index is 0.00000150. The minimum Gasteiger partial charge on any atom is -0.409 e. The van der Waals surface area contributed by atoms with Crippen molar-refractivity contribution in [3.05, 3.63) is 72.4 Å². The van der Waals surface area contributed by atoms with Crippen molar-refractivity contribution in [1.29, 1.82) is 0 Å². The highest BCUT2D eigenvalue weighted by Gasteiger charge is 2.26. The summed E-state index contributed by atoms with van der Waals surface area (Å²) in [4.78, 5) is 21.3. The monoisotopic (exact) mass is 437 g/mol. The first kappa shape index (κ1) is 22.7. The maximum Gasteiger partial charge on any atom is 0.415 e. The van der Waals surface area contributed by atoms with Crippen molar-refractivity contribution >= 4 is 30.9 Å². The first-order valence-corrected chi connectivity index (χ1v) is 9.01. The number of carbonyl (C=O) groups is 1. The van der Waals surface area contributed by atoms with Crippen LogP contribution in [0.5, 0.6) is 5.75 Å². The molecule has 0 aliphatic carbocycles. The van der Waals surface area contributed by atoms with E-state index < -0.39 is 0 Å². The van der Waals surface area contributed by atoms with Crippen molar-refractivity contribution in [2.45, 2.75) is 18.8 Å². The fraction of sp³-hybridized carbons (Fsp3) is 0.238. The van der Waals surface area contributed by atoms with Gasteiger partial charge in [0.1, 0.15) is 5.82 Å². The molecule has 1 aliphatic heterocycles. The van der Waals surface area contributed by atoms with Gasteiger partial charge in [0.05, 0.1) is 6.20 Å². The number of aromatic amines is 1. The van der Waals surface area contributed by atoms with Crippen LogP contribution in [0.4, 0.5) is 9.18 Å². The molecule has 3 aromatic rings. The van der Waals surface area contributed by atoms with E-state index >= 15 is 0 Å². The summed E-state index contributed by atoms with van der Waals surface area (Å²) in [6.45, 7) is 1.25. The van der Waals surface area contributed by atoms with Gasteiger partial charge in [0.2, 0.25) is 0 Å². The number of piperidine rings is 1. The summed E-state index contributed by atoms with van der Waals surface area (Å²) in [5.41, 5.74) is 2.43. The topological polar surface area (TPSA) is 58.2 Å². The van der Waals surface area contributed by atoms with Gasteiger partial charge in [-0.2, -0.15) is 0 Å². The number of nitrogens with one attached hydrogen (secondary N) is 1. The summed E-state index contributed by atoms with van der Waals surface area (Å²) >= 11 is 0. The molecule has 8 heteroatoms. The van der Waals surface area contributed by atoms with Crippen LogP contribution in [0.3, 0.4) is 0 Å². The van der Waals surface area contributed by atoms with Crippen LogP contribution in [0.15, 0.2) is 60.9 Å². The Hall–Kier alpha value is -2.57. The second-order valence-corrected chi connectivity index (χ2v) is 6.63. The second-order valence-electron chi connectivity index (χ2n) is 6.63. The van der Waals surface area contributed by atoms with E-state index in [1.165, 1.54) is 12.3 Å². The van der Waals surface area contributed by atoms with Gasteiger partial charge in [0.15, 0.2) is 5.75 Å². The summed E-state index contributed by atoms with van der Waals surface area (Å²) in [5.74, 6) is 0.523. The predicted molar refractivity (Wildman–Crippen MR) is 114 cm³/mol. The molecule has 4 rings (SSSR count). The SMILES string of the molecule is Cl.Cl.O=C(Oc1cccnc1)N1CCC(c2ccc(-c3ccccc3F)[nH]2)CC1. The van der Waals surface area contributed by atoms with E-state index in [1.807, 2.05) is 18.2 Å². The average Bonchev–Trinajstić information content (AvgIpc) is 3.19. The average molecular weight is 438 g/mol. The number of rotatable bonds is 3. The van der Waals surface area contributed by atoms with E-state index in [1.54, 1.807) is 35.4 Å². The number of carbonyl (C=O) groups excluding carboxylic acids is 1. The van der Waals surface area contributed by atoms with Crippen LogP contribution in [0.1, 0.15) is 24.5 Å². The molecule has 2 aromatic heterocycles. The first-order valence-electron chi connectivity index (χ1n) is 9.01. The van der Waals surface area contributed by atoms with Crippen LogP contribution in [-0.2, 0) is 0 Å². The Morgan fingerprint density at radius 2 is 1.83 bits per heavy atom. The summed E-state index contributed by atoms with van der Waals surface area (Å²) < 4.78 is 19.3. The Morgan fingerprint density at radius 3 is 2.52 bits per heavy atom. The lowest BCUT2D eigenvalue weighted by Gasteiger charge is -2.30. The van der Waals surface area contributed by atoms with Crippen molar-refractivity contribution in [2.24, 2.45) is 0 Å². The van der Waals surface area contributed by atoms with Gasteiger partial charge in [-0.3, -0.25) is 4.98 Å². The molecule has 1 N–H and O–H groups in total. The fourth-order valence-electron chi connectivity index (χ4n) is 3.43. The number of H-pyrrole nitrogens is 1. The van der Waals surface area contributed by atoms with E-state index in [-0.39, 0.29) is 36.7 Å². The number of halogens is 3. The van der Waals surface area contributed by atoms with E-state index in [4.69, 9.17) is 4.74 Å². The van der Waals surface area contributed by atoms with Crippen LogP contribution in [0, 0.1) is 5.82 Å². The molecule has 1 aromatic carbocycles. The lowest BCUT2D eigenvalue weighted by molar-refractivity contribution is 0.138. The maximum atomic E-state index is 14.0. The number of nitrogens with zero attached hydrogens (tertiary/aromatic N) is 2. The number of hydrogen-bond donors (Lipinski definition) is 1. The van der Waals surface area contributed by atoms with Gasteiger partial charge >= 0.3 is 6.09 Å². The van der Waals surface area contributed by atoms with Gasteiger partial charge < -0.3 is 14.6 Å². The van der Waals surface area contributed by atoms with Crippen molar-refractivity contribution in [3.63, 3.8) is 0 Å². The van der Waals surface area contributed by atoms with Crippen molar-refractivity contribution in [1.82, 2.24) is 14.9 Å². The number of hydrogen-bond acceptors (Lipinski definition) is 3. The van der Waals surface area contributed by atoms with Gasteiger partial charge in [-0.15, -0.1) is 24.8 Å². The number of likely N-dealkylation sites (tertiary alicyclic amines) is 1. The molecule has 29 heavy (non-hydrogen) atoms. The van der Waals surface area contributed by atoms with Crippen LogP contribution >= 0.6 is 24.8 Å². The molecule has 0 saturated carbocycles. The van der Waals surface area contributed by atoms with Crippen molar-refractivity contribution in [2.75, 3.05) is 13.1 Å². The Bertz CT molecular complexity index is 928. The molecule has 0 radical (unpaired) electrons. The van der Waals surface area contributed by atoms with Gasteiger partial charge in [0, 0.05) is 42.2 Å². The number of pyridine rings is 1. The number of amides is 1. The molecule has 0 unspecified atom stereocenters. The molecule has 0 bridgehead atoms. The zero-order valence-corrected chi connectivity index (χ0v) is 17.2. The van der Waals surface area contributed by atoms with Gasteiger partial charge in [0.25, 0.3) is 0 Å². The van der Waals surface area contributed by atoms with Crippen LogP contribution in [0.25, 0.3) is 11.3 Å². The Labute approximate surface area is 181 Å². The molecule has 1 aliphatic rings. The standard InChI is InChI=1S/C21H20FN3O2.2ClH/c22-18-6-2-1-5-17(18)20-8-7-19(24-20)15-9-12-25(13-10-15)21(26)27-16-4-3-11-23-14-16;;/h1-8,11,14-15,24H,9-10,12-13H2;2*1H. The summed E-state index contributed by atoms with van der Waals surface area (Å²) in [6.07, 6.45) is 4.47. The summed E-state index contributed by atoms with van der Waals surface area (Å²) in [6, 6.07) is 14.1. The van der Waals surface area contributed by atoms with E-state index in [0.717, 1.165) is 24.2 Å². The first-order chi connectivity index (χ1) is 13.2. The largest absolute Gasteiger partial charge is 0.415 e. The molecule has 3 heterocycles. The predicted octanol–water partition coefficient (Wildman–Crippen LogP) is 5.44. The number of aromatic nitrogens is 2. The van der Waals surface area contributed by atoms with Crippen molar-refractivity contribution < 1.29 is 13.9 Å². The van der Waals surface area contributed by atoms with Crippen LogP contribution < -0.4 is 4.74 Å². The Morgan fingerprint density at radius 1 is 1.07 bits per heavy atom. The highest BCUT2D eigenvalue weighted by atomic mass is 35.5. The van der Waals surface area contributed by atoms with Crippen LogP contribution in [0.2, 0.25) is 0 Å². The molecule has 0 spiro atoms. The van der Waals surface area contributed by atoms with E-state index in [2.05, 4.69) is 9.97 Å². The maximum absolute atomic E-state index is 14.0. The third kappa shape index (κ3) is 5.28. The molecule has 154 valence electrons. The number of ether oxygens (including phenoxy) is 1. The lowest BCUT2D eigenvalue weighted by Crippen LogP contribution is -2.39. The van der Waals surface area contributed by atoms with E-state index in [0.29, 0.717) is 30.3 Å². The zero-order valence-electron chi connectivity index (χ0n) is 15.6. The molecular formula is C21H22Cl2FN3O2. The second kappa shape index (κ2) is 10.3. The zero-order chi connectivity index (χ0) is 18.6. The van der Waals surface area contributed by atoms with Gasteiger partial charge in [-0.05, 0) is 49.2 Å². The quantitative estimate of drug-likeness (QED) is 0.593. The Kier molecular flexibility index (Phi) is 8.05. The lowest BCUT2D eigenvalue weighted by atomic mass is 9.94. The normalized spacial score (nSPS) is 13.9. The summed E-state index contributed by atoms with van der Waals surface area (Å²) in [5, 5.41) is 0.